The topological polar surface area (TPSA) is 75.9 Å². The highest BCUT2D eigenvalue weighted by Crippen LogP contribution is 2.20. The molecule has 1 fully saturated rings. The van der Waals surface area contributed by atoms with Gasteiger partial charge in [0.15, 0.2) is 5.58 Å². The van der Waals surface area contributed by atoms with Gasteiger partial charge in [0.2, 0.25) is 11.8 Å². The van der Waals surface area contributed by atoms with Crippen molar-refractivity contribution in [2.45, 2.75) is 39.2 Å². The molecule has 2 amide bonds. The molecule has 1 aromatic heterocycles. The quantitative estimate of drug-likeness (QED) is 0.728. The summed E-state index contributed by atoms with van der Waals surface area (Å²) in [5.74, 6) is 0.734. The number of hydrogen-bond donors (Lipinski definition) is 0. The predicted molar refractivity (Wildman–Crippen MR) is 111 cm³/mol. The molecule has 1 aromatic carbocycles. The maximum atomic E-state index is 12.5. The van der Waals surface area contributed by atoms with E-state index in [4.69, 9.17) is 9.15 Å². The summed E-state index contributed by atoms with van der Waals surface area (Å²) in [6.07, 6.45) is 4.53. The number of carbonyl (C=O) groups excluding carboxylic acids is 2. The fourth-order valence-electron chi connectivity index (χ4n) is 3.35. The van der Waals surface area contributed by atoms with Gasteiger partial charge in [0.05, 0.1) is 0 Å². The van der Waals surface area contributed by atoms with Crippen LogP contribution in [0.25, 0.3) is 17.2 Å². The van der Waals surface area contributed by atoms with Crippen LogP contribution in [0.1, 0.15) is 39.5 Å². The first-order chi connectivity index (χ1) is 13.7. The number of oxazole rings is 1. The minimum absolute atomic E-state index is 0.0498. The largest absolute Gasteiger partial charge is 0.444 e. The van der Waals surface area contributed by atoms with Crippen molar-refractivity contribution in [3.63, 3.8) is 0 Å². The Kier molecular flexibility index (Phi) is 6.25. The fourth-order valence-corrected chi connectivity index (χ4v) is 3.35. The van der Waals surface area contributed by atoms with Gasteiger partial charge in [-0.2, -0.15) is 0 Å². The lowest BCUT2D eigenvalue weighted by Crippen LogP contribution is -2.42. The molecule has 7 nitrogen and oxygen atoms in total. The van der Waals surface area contributed by atoms with Crippen molar-refractivity contribution < 1.29 is 18.7 Å². The van der Waals surface area contributed by atoms with Crippen LogP contribution in [0.5, 0.6) is 0 Å². The maximum absolute atomic E-state index is 12.5. The fraction of sp³-hybridized carbons (Fsp3) is 0.500. The average Bonchev–Trinajstić information content (AvgIpc) is 3.08. The van der Waals surface area contributed by atoms with E-state index in [-0.39, 0.29) is 12.0 Å². The van der Waals surface area contributed by atoms with Gasteiger partial charge in [0.25, 0.3) is 0 Å². The maximum Gasteiger partial charge on any atom is 0.410 e. The van der Waals surface area contributed by atoms with Crippen molar-refractivity contribution >= 4 is 29.2 Å². The Morgan fingerprint density at radius 1 is 1.28 bits per heavy atom. The number of likely N-dealkylation sites (tertiary alicyclic amines) is 1. The summed E-state index contributed by atoms with van der Waals surface area (Å²) in [7, 11) is 1.76. The molecule has 0 aliphatic carbocycles. The standard InChI is InChI=1S/C22H29N3O4/c1-22(2,3)29-21(27)24(4)15-16-11-13-25(14-12-16)20(26)10-9-19-23-17-7-5-6-8-18(17)28-19/h5-10,16H,11-15H2,1-4H3. The molecule has 2 heterocycles. The Morgan fingerprint density at radius 2 is 1.97 bits per heavy atom. The minimum Gasteiger partial charge on any atom is -0.444 e. The van der Waals surface area contributed by atoms with Crippen LogP contribution in [0.4, 0.5) is 4.79 Å². The second-order valence-electron chi connectivity index (χ2n) is 8.48. The van der Waals surface area contributed by atoms with Crippen LogP contribution in [0.3, 0.4) is 0 Å². The summed E-state index contributed by atoms with van der Waals surface area (Å²) in [5.41, 5.74) is 0.978. The molecule has 3 rings (SSSR count). The van der Waals surface area contributed by atoms with Crippen molar-refractivity contribution in [3.05, 3.63) is 36.2 Å². The lowest BCUT2D eigenvalue weighted by Gasteiger charge is -2.33. The van der Waals surface area contributed by atoms with Gasteiger partial charge in [-0.3, -0.25) is 4.79 Å². The number of hydrogen-bond acceptors (Lipinski definition) is 5. The molecule has 0 spiro atoms. The van der Waals surface area contributed by atoms with Gasteiger partial charge in [-0.25, -0.2) is 9.78 Å². The third-order valence-corrected chi connectivity index (χ3v) is 4.84. The molecule has 2 aromatic rings. The number of amides is 2. The second-order valence-corrected chi connectivity index (χ2v) is 8.48. The number of carbonyl (C=O) groups is 2. The number of aromatic nitrogens is 1. The number of benzene rings is 1. The van der Waals surface area contributed by atoms with E-state index < -0.39 is 5.60 Å². The first kappa shape index (κ1) is 20.9. The van der Waals surface area contributed by atoms with Gasteiger partial charge >= 0.3 is 6.09 Å². The third-order valence-electron chi connectivity index (χ3n) is 4.84. The number of fused-ring (bicyclic) bond motifs is 1. The summed E-state index contributed by atoms with van der Waals surface area (Å²) < 4.78 is 11.0. The third kappa shape index (κ3) is 5.82. The number of piperidine rings is 1. The molecule has 29 heavy (non-hydrogen) atoms. The number of nitrogens with zero attached hydrogens (tertiary/aromatic N) is 3. The second kappa shape index (κ2) is 8.68. The molecule has 0 unspecified atom stereocenters. The summed E-state index contributed by atoms with van der Waals surface area (Å²) in [4.78, 5) is 32.4. The zero-order valence-corrected chi connectivity index (χ0v) is 17.6. The summed E-state index contributed by atoms with van der Waals surface area (Å²) >= 11 is 0. The molecule has 0 atom stereocenters. The summed E-state index contributed by atoms with van der Waals surface area (Å²) in [6, 6.07) is 7.50. The van der Waals surface area contributed by atoms with Crippen LogP contribution in [-0.2, 0) is 9.53 Å². The Morgan fingerprint density at radius 3 is 2.62 bits per heavy atom. The highest BCUT2D eigenvalue weighted by atomic mass is 16.6. The molecule has 0 N–H and O–H groups in total. The van der Waals surface area contributed by atoms with Crippen molar-refractivity contribution in [1.29, 1.82) is 0 Å². The van der Waals surface area contributed by atoms with Crippen LogP contribution in [-0.4, -0.2) is 59.1 Å². The van der Waals surface area contributed by atoms with Gasteiger partial charge in [-0.15, -0.1) is 0 Å². The number of ether oxygens (including phenoxy) is 1. The van der Waals surface area contributed by atoms with E-state index >= 15 is 0 Å². The molecule has 1 saturated heterocycles. The monoisotopic (exact) mass is 399 g/mol. The number of rotatable bonds is 4. The van der Waals surface area contributed by atoms with Gasteiger partial charge in [-0.1, -0.05) is 12.1 Å². The Bertz CT molecular complexity index is 856. The molecule has 1 aliphatic rings. The van der Waals surface area contributed by atoms with Gasteiger partial charge in [0, 0.05) is 38.8 Å². The van der Waals surface area contributed by atoms with E-state index in [1.807, 2.05) is 49.9 Å². The highest BCUT2D eigenvalue weighted by molar-refractivity contribution is 5.91. The zero-order chi connectivity index (χ0) is 21.0. The van der Waals surface area contributed by atoms with Gasteiger partial charge in [0.1, 0.15) is 11.1 Å². The average molecular weight is 399 g/mol. The van der Waals surface area contributed by atoms with Crippen LogP contribution >= 0.6 is 0 Å². The van der Waals surface area contributed by atoms with Crippen LogP contribution in [0.15, 0.2) is 34.8 Å². The lowest BCUT2D eigenvalue weighted by molar-refractivity contribution is -0.127. The first-order valence-electron chi connectivity index (χ1n) is 9.98. The Labute approximate surface area is 171 Å². The van der Waals surface area contributed by atoms with E-state index in [0.29, 0.717) is 37.0 Å². The first-order valence-corrected chi connectivity index (χ1v) is 9.98. The van der Waals surface area contributed by atoms with Crippen molar-refractivity contribution in [3.8, 4) is 0 Å². The minimum atomic E-state index is -0.498. The van der Waals surface area contributed by atoms with E-state index in [9.17, 15) is 9.59 Å². The Hall–Kier alpha value is -2.83. The van der Waals surface area contributed by atoms with Crippen LogP contribution < -0.4 is 0 Å². The van der Waals surface area contributed by atoms with Crippen molar-refractivity contribution in [1.82, 2.24) is 14.8 Å². The zero-order valence-electron chi connectivity index (χ0n) is 17.6. The van der Waals surface area contributed by atoms with Crippen molar-refractivity contribution in [2.24, 2.45) is 5.92 Å². The normalized spacial score (nSPS) is 15.8. The highest BCUT2D eigenvalue weighted by Gasteiger charge is 2.26. The summed E-state index contributed by atoms with van der Waals surface area (Å²) in [6.45, 7) is 7.55. The van der Waals surface area contributed by atoms with Crippen LogP contribution in [0.2, 0.25) is 0 Å². The van der Waals surface area contributed by atoms with E-state index in [2.05, 4.69) is 4.98 Å². The van der Waals surface area contributed by atoms with Crippen molar-refractivity contribution in [2.75, 3.05) is 26.7 Å². The van der Waals surface area contributed by atoms with Gasteiger partial charge in [-0.05, 0) is 51.7 Å². The molecule has 156 valence electrons. The SMILES string of the molecule is CN(CC1CCN(C(=O)C=Cc2nc3ccccc3o2)CC1)C(=O)OC(C)(C)C. The van der Waals surface area contributed by atoms with E-state index in [0.717, 1.165) is 18.4 Å². The van der Waals surface area contributed by atoms with E-state index in [1.165, 1.54) is 6.08 Å². The molecule has 1 aliphatic heterocycles. The smallest absolute Gasteiger partial charge is 0.410 e. The van der Waals surface area contributed by atoms with Gasteiger partial charge < -0.3 is 19.0 Å². The lowest BCUT2D eigenvalue weighted by atomic mass is 9.96. The molecule has 0 saturated carbocycles. The summed E-state index contributed by atoms with van der Waals surface area (Å²) in [5, 5.41) is 0. The Balaban J connectivity index is 1.47. The molecule has 7 heteroatoms. The molecular weight excluding hydrogens is 370 g/mol. The van der Waals surface area contributed by atoms with E-state index in [1.54, 1.807) is 18.0 Å². The molecule has 0 bridgehead atoms. The number of para-hydroxylation sites is 2. The molecule has 0 radical (unpaired) electrons. The molecular formula is C22H29N3O4. The predicted octanol–water partition coefficient (Wildman–Crippen LogP) is 3.95. The van der Waals surface area contributed by atoms with Crippen LogP contribution in [0, 0.1) is 5.92 Å².